The highest BCUT2D eigenvalue weighted by Crippen LogP contribution is 2.48. The van der Waals surface area contributed by atoms with E-state index in [1.807, 2.05) is 20.8 Å². The van der Waals surface area contributed by atoms with Gasteiger partial charge in [0.15, 0.2) is 0 Å². The molecule has 1 heterocycles. The lowest BCUT2D eigenvalue weighted by Crippen LogP contribution is -2.51. The Morgan fingerprint density at radius 1 is 1.30 bits per heavy atom. The van der Waals surface area contributed by atoms with Crippen LogP contribution in [-0.2, 0) is 14.3 Å². The van der Waals surface area contributed by atoms with Gasteiger partial charge < -0.3 is 15.0 Å². The first-order valence-electron chi connectivity index (χ1n) is 9.03. The van der Waals surface area contributed by atoms with Crippen LogP contribution in [0.15, 0.2) is 0 Å². The van der Waals surface area contributed by atoms with Crippen molar-refractivity contribution in [1.82, 2.24) is 10.2 Å². The molecule has 132 valence electrons. The molecule has 2 aliphatic rings. The summed E-state index contributed by atoms with van der Waals surface area (Å²) in [4.78, 5) is 26.3. The van der Waals surface area contributed by atoms with E-state index in [1.54, 1.807) is 11.9 Å². The van der Waals surface area contributed by atoms with Crippen LogP contribution < -0.4 is 5.32 Å². The molecule has 0 bridgehead atoms. The van der Waals surface area contributed by atoms with E-state index in [0.717, 1.165) is 13.0 Å². The summed E-state index contributed by atoms with van der Waals surface area (Å²) >= 11 is 0. The SMILES string of the molecule is CCN(C)C(=O)[C@@H](NC(=O)CC1CCC2(CCC2)CO1)C(C)C. The summed E-state index contributed by atoms with van der Waals surface area (Å²) in [7, 11) is 1.77. The van der Waals surface area contributed by atoms with E-state index in [1.165, 1.54) is 25.7 Å². The van der Waals surface area contributed by atoms with Crippen LogP contribution in [0.4, 0.5) is 0 Å². The minimum absolute atomic E-state index is 0.00745. The maximum absolute atomic E-state index is 12.4. The fourth-order valence-corrected chi connectivity index (χ4v) is 3.50. The zero-order valence-corrected chi connectivity index (χ0v) is 15.1. The second-order valence-electron chi connectivity index (χ2n) is 7.67. The van der Waals surface area contributed by atoms with Gasteiger partial charge in [0.2, 0.25) is 11.8 Å². The zero-order chi connectivity index (χ0) is 17.0. The minimum Gasteiger partial charge on any atom is -0.377 e. The van der Waals surface area contributed by atoms with Gasteiger partial charge in [-0.3, -0.25) is 9.59 Å². The van der Waals surface area contributed by atoms with Crippen LogP contribution in [0.2, 0.25) is 0 Å². The van der Waals surface area contributed by atoms with Crippen molar-refractivity contribution in [2.45, 2.75) is 71.4 Å². The van der Waals surface area contributed by atoms with Crippen LogP contribution >= 0.6 is 0 Å². The maximum Gasteiger partial charge on any atom is 0.245 e. The molecule has 1 saturated carbocycles. The molecule has 1 N–H and O–H groups in total. The van der Waals surface area contributed by atoms with Crippen molar-refractivity contribution in [2.24, 2.45) is 11.3 Å². The molecule has 2 fully saturated rings. The Labute approximate surface area is 140 Å². The molecule has 2 amide bonds. The summed E-state index contributed by atoms with van der Waals surface area (Å²) < 4.78 is 5.92. The predicted octanol–water partition coefficient (Wildman–Crippen LogP) is 2.34. The molecule has 1 saturated heterocycles. The van der Waals surface area contributed by atoms with Gasteiger partial charge in [-0.2, -0.15) is 0 Å². The van der Waals surface area contributed by atoms with Crippen molar-refractivity contribution in [2.75, 3.05) is 20.2 Å². The van der Waals surface area contributed by atoms with Crippen molar-refractivity contribution in [3.63, 3.8) is 0 Å². The normalized spacial score (nSPS) is 24.1. The van der Waals surface area contributed by atoms with Crippen LogP contribution in [0.5, 0.6) is 0 Å². The largest absolute Gasteiger partial charge is 0.377 e. The van der Waals surface area contributed by atoms with E-state index >= 15 is 0 Å². The summed E-state index contributed by atoms with van der Waals surface area (Å²) in [6, 6.07) is -0.450. The van der Waals surface area contributed by atoms with Gasteiger partial charge in [0.25, 0.3) is 0 Å². The van der Waals surface area contributed by atoms with Crippen LogP contribution in [0.25, 0.3) is 0 Å². The summed E-state index contributed by atoms with van der Waals surface area (Å²) in [5, 5.41) is 2.92. The number of rotatable bonds is 6. The quantitative estimate of drug-likeness (QED) is 0.816. The second-order valence-corrected chi connectivity index (χ2v) is 7.67. The van der Waals surface area contributed by atoms with Crippen LogP contribution in [0, 0.1) is 11.3 Å². The Kier molecular flexibility index (Phi) is 6.06. The average Bonchev–Trinajstić information content (AvgIpc) is 2.50. The van der Waals surface area contributed by atoms with Gasteiger partial charge in [-0.25, -0.2) is 0 Å². The van der Waals surface area contributed by atoms with Gasteiger partial charge in [0.1, 0.15) is 6.04 Å². The maximum atomic E-state index is 12.4. The van der Waals surface area contributed by atoms with Gasteiger partial charge in [0.05, 0.1) is 19.1 Å². The van der Waals surface area contributed by atoms with Crippen LogP contribution in [0.3, 0.4) is 0 Å². The van der Waals surface area contributed by atoms with Crippen molar-refractivity contribution in [3.05, 3.63) is 0 Å². The molecule has 1 spiro atoms. The Morgan fingerprint density at radius 3 is 2.43 bits per heavy atom. The van der Waals surface area contributed by atoms with Crippen molar-refractivity contribution < 1.29 is 14.3 Å². The Hall–Kier alpha value is -1.10. The topological polar surface area (TPSA) is 58.6 Å². The first-order valence-corrected chi connectivity index (χ1v) is 9.03. The molecule has 0 aromatic rings. The first kappa shape index (κ1) is 18.2. The zero-order valence-electron chi connectivity index (χ0n) is 15.1. The third kappa shape index (κ3) is 4.46. The molecule has 0 radical (unpaired) electrons. The third-order valence-electron chi connectivity index (χ3n) is 5.55. The van der Waals surface area contributed by atoms with Gasteiger partial charge in [0, 0.05) is 13.6 Å². The fraction of sp³-hybridized carbons (Fsp3) is 0.889. The van der Waals surface area contributed by atoms with Gasteiger partial charge in [-0.15, -0.1) is 0 Å². The summed E-state index contributed by atoms with van der Waals surface area (Å²) in [6.07, 6.45) is 6.38. The lowest BCUT2D eigenvalue weighted by molar-refractivity contribution is -0.139. The molecular formula is C18H32N2O3. The number of hydrogen-bond acceptors (Lipinski definition) is 3. The third-order valence-corrected chi connectivity index (χ3v) is 5.55. The summed E-state index contributed by atoms with van der Waals surface area (Å²) in [6.45, 7) is 7.30. The van der Waals surface area contributed by atoms with E-state index in [-0.39, 0.29) is 23.8 Å². The summed E-state index contributed by atoms with van der Waals surface area (Å²) in [5.74, 6) is -0.0177. The van der Waals surface area contributed by atoms with E-state index < -0.39 is 6.04 Å². The summed E-state index contributed by atoms with van der Waals surface area (Å²) in [5.41, 5.74) is 0.424. The number of nitrogens with zero attached hydrogens (tertiary/aromatic N) is 1. The number of carbonyl (C=O) groups is 2. The molecule has 0 aromatic heterocycles. The molecular weight excluding hydrogens is 292 g/mol. The minimum atomic E-state index is -0.450. The fourth-order valence-electron chi connectivity index (χ4n) is 3.50. The Bertz CT molecular complexity index is 422. The molecule has 23 heavy (non-hydrogen) atoms. The lowest BCUT2D eigenvalue weighted by atomic mass is 9.65. The second kappa shape index (κ2) is 7.65. The average molecular weight is 324 g/mol. The van der Waals surface area contributed by atoms with Crippen LogP contribution in [0.1, 0.15) is 59.3 Å². The highest BCUT2D eigenvalue weighted by molar-refractivity contribution is 5.87. The molecule has 2 rings (SSSR count). The van der Waals surface area contributed by atoms with Crippen molar-refractivity contribution in [3.8, 4) is 0 Å². The van der Waals surface area contributed by atoms with E-state index in [9.17, 15) is 9.59 Å². The predicted molar refractivity (Wildman–Crippen MR) is 90.0 cm³/mol. The first-order chi connectivity index (χ1) is 10.9. The molecule has 5 nitrogen and oxygen atoms in total. The molecule has 1 aliphatic heterocycles. The van der Waals surface area contributed by atoms with Gasteiger partial charge in [-0.05, 0) is 43.9 Å². The van der Waals surface area contributed by atoms with Crippen molar-refractivity contribution >= 4 is 11.8 Å². The van der Waals surface area contributed by atoms with Gasteiger partial charge in [-0.1, -0.05) is 20.3 Å². The number of amides is 2. The Balaban J connectivity index is 1.81. The number of hydrogen-bond donors (Lipinski definition) is 1. The number of ether oxygens (including phenoxy) is 1. The van der Waals surface area contributed by atoms with E-state index in [0.29, 0.717) is 18.4 Å². The molecule has 1 unspecified atom stereocenters. The molecule has 0 aromatic carbocycles. The smallest absolute Gasteiger partial charge is 0.245 e. The number of likely N-dealkylation sites (N-methyl/N-ethyl adjacent to an activating group) is 1. The molecule has 5 heteroatoms. The number of nitrogens with one attached hydrogen (secondary N) is 1. The van der Waals surface area contributed by atoms with Crippen molar-refractivity contribution in [1.29, 1.82) is 0 Å². The lowest BCUT2D eigenvalue weighted by Gasteiger charge is -2.46. The Morgan fingerprint density at radius 2 is 2.00 bits per heavy atom. The highest BCUT2D eigenvalue weighted by atomic mass is 16.5. The standard InChI is InChI=1S/C18H32N2O3/c1-5-20(4)17(22)16(13(2)3)19-15(21)11-14-7-10-18(12-23-14)8-6-9-18/h13-14,16H,5-12H2,1-4H3,(H,19,21)/t14?,16-/m0/s1. The van der Waals surface area contributed by atoms with E-state index in [2.05, 4.69) is 5.32 Å². The number of carbonyl (C=O) groups excluding carboxylic acids is 2. The molecule has 2 atom stereocenters. The molecule has 1 aliphatic carbocycles. The highest BCUT2D eigenvalue weighted by Gasteiger charge is 2.41. The van der Waals surface area contributed by atoms with Gasteiger partial charge >= 0.3 is 0 Å². The monoisotopic (exact) mass is 324 g/mol. The van der Waals surface area contributed by atoms with Crippen LogP contribution in [-0.4, -0.2) is 49.1 Å². The van der Waals surface area contributed by atoms with E-state index in [4.69, 9.17) is 4.74 Å².